The quantitative estimate of drug-likeness (QED) is 0.681. The van der Waals surface area contributed by atoms with Gasteiger partial charge in [0.1, 0.15) is 12.1 Å². The second-order valence-electron chi connectivity index (χ2n) is 2.94. The number of ether oxygens (including phenoxy) is 1. The molecule has 0 amide bonds. The van der Waals surface area contributed by atoms with Crippen molar-refractivity contribution in [3.63, 3.8) is 0 Å². The zero-order chi connectivity index (χ0) is 11.2. The molecule has 84 valence electrons. The van der Waals surface area contributed by atoms with Crippen LogP contribution in [-0.2, 0) is 0 Å². The molecule has 16 heavy (non-hydrogen) atoms. The summed E-state index contributed by atoms with van der Waals surface area (Å²) in [5, 5.41) is 7.37. The zero-order valence-electron chi connectivity index (χ0n) is 8.39. The minimum Gasteiger partial charge on any atom is -0.493 e. The second-order valence-corrected chi connectivity index (χ2v) is 4.94. The Labute approximate surface area is 106 Å². The SMILES string of the molecule is Brc1cccc(OCCSc2ncn[nH]2)c1. The van der Waals surface area contributed by atoms with Crippen LogP contribution in [0.5, 0.6) is 5.75 Å². The molecule has 0 atom stereocenters. The summed E-state index contributed by atoms with van der Waals surface area (Å²) in [5.41, 5.74) is 0. The number of nitrogens with one attached hydrogen (secondary N) is 1. The van der Waals surface area contributed by atoms with Crippen LogP contribution in [0.25, 0.3) is 0 Å². The fourth-order valence-electron chi connectivity index (χ4n) is 1.12. The van der Waals surface area contributed by atoms with Gasteiger partial charge in [-0.25, -0.2) is 4.98 Å². The Morgan fingerprint density at radius 3 is 3.12 bits per heavy atom. The van der Waals surface area contributed by atoms with Crippen LogP contribution in [0.4, 0.5) is 0 Å². The Balaban J connectivity index is 1.72. The Morgan fingerprint density at radius 2 is 2.38 bits per heavy atom. The standard InChI is InChI=1S/C10H10BrN3OS/c11-8-2-1-3-9(6-8)15-4-5-16-10-12-7-13-14-10/h1-3,6-7H,4-5H2,(H,12,13,14). The monoisotopic (exact) mass is 299 g/mol. The minimum absolute atomic E-state index is 0.641. The normalized spacial score (nSPS) is 10.3. The third kappa shape index (κ3) is 3.53. The molecule has 1 aromatic carbocycles. The summed E-state index contributed by atoms with van der Waals surface area (Å²) in [6.07, 6.45) is 1.50. The number of thioether (sulfide) groups is 1. The molecule has 0 aliphatic rings. The number of halogens is 1. The van der Waals surface area contributed by atoms with E-state index in [4.69, 9.17) is 4.74 Å². The first-order chi connectivity index (χ1) is 7.84. The van der Waals surface area contributed by atoms with Crippen molar-refractivity contribution < 1.29 is 4.74 Å². The van der Waals surface area contributed by atoms with E-state index in [-0.39, 0.29) is 0 Å². The third-order valence-electron chi connectivity index (χ3n) is 1.78. The number of hydrogen-bond acceptors (Lipinski definition) is 4. The molecule has 0 saturated carbocycles. The molecule has 0 unspecified atom stereocenters. The fraction of sp³-hybridized carbons (Fsp3) is 0.200. The summed E-state index contributed by atoms with van der Waals surface area (Å²) in [4.78, 5) is 4.01. The van der Waals surface area contributed by atoms with Crippen molar-refractivity contribution in [1.29, 1.82) is 0 Å². The van der Waals surface area contributed by atoms with Crippen molar-refractivity contribution in [2.75, 3.05) is 12.4 Å². The highest BCUT2D eigenvalue weighted by Gasteiger charge is 1.98. The van der Waals surface area contributed by atoms with Crippen molar-refractivity contribution in [1.82, 2.24) is 15.2 Å². The largest absolute Gasteiger partial charge is 0.493 e. The smallest absolute Gasteiger partial charge is 0.183 e. The first kappa shape index (κ1) is 11.5. The average molecular weight is 300 g/mol. The molecule has 0 saturated heterocycles. The summed E-state index contributed by atoms with van der Waals surface area (Å²) in [6, 6.07) is 7.79. The number of benzene rings is 1. The molecule has 0 fully saturated rings. The lowest BCUT2D eigenvalue weighted by atomic mass is 10.3. The zero-order valence-corrected chi connectivity index (χ0v) is 10.8. The molecule has 6 heteroatoms. The average Bonchev–Trinajstić information content (AvgIpc) is 2.77. The van der Waals surface area contributed by atoms with Gasteiger partial charge in [0.25, 0.3) is 0 Å². The summed E-state index contributed by atoms with van der Waals surface area (Å²) >= 11 is 4.98. The first-order valence-electron chi connectivity index (χ1n) is 4.71. The number of rotatable bonds is 5. The van der Waals surface area contributed by atoms with Gasteiger partial charge in [0.05, 0.1) is 6.61 Å². The number of H-pyrrole nitrogens is 1. The highest BCUT2D eigenvalue weighted by atomic mass is 79.9. The van der Waals surface area contributed by atoms with Crippen molar-refractivity contribution in [3.05, 3.63) is 35.1 Å². The molecule has 0 bridgehead atoms. The summed E-state index contributed by atoms with van der Waals surface area (Å²) in [5.74, 6) is 1.70. The van der Waals surface area contributed by atoms with E-state index in [0.29, 0.717) is 6.61 Å². The Kier molecular flexibility index (Phi) is 4.24. The second kappa shape index (κ2) is 5.91. The van der Waals surface area contributed by atoms with E-state index < -0.39 is 0 Å². The van der Waals surface area contributed by atoms with Gasteiger partial charge in [-0.05, 0) is 18.2 Å². The molecule has 0 spiro atoms. The number of aromatic amines is 1. The maximum atomic E-state index is 5.57. The maximum absolute atomic E-state index is 5.57. The third-order valence-corrected chi connectivity index (χ3v) is 3.11. The van der Waals surface area contributed by atoms with Gasteiger partial charge in [-0.3, -0.25) is 5.10 Å². The summed E-state index contributed by atoms with van der Waals surface area (Å²) in [6.45, 7) is 0.641. The van der Waals surface area contributed by atoms with Crippen LogP contribution in [0.3, 0.4) is 0 Å². The molecule has 2 aromatic rings. The predicted octanol–water partition coefficient (Wildman–Crippen LogP) is 2.74. The lowest BCUT2D eigenvalue weighted by Gasteiger charge is -2.04. The van der Waals surface area contributed by atoms with Crippen LogP contribution in [0.15, 0.2) is 40.2 Å². The van der Waals surface area contributed by atoms with Gasteiger partial charge in [0.2, 0.25) is 0 Å². The Hall–Kier alpha value is -1.01. The highest BCUT2D eigenvalue weighted by molar-refractivity contribution is 9.10. The van der Waals surface area contributed by atoms with Crippen molar-refractivity contribution >= 4 is 27.7 Å². The molecule has 0 aliphatic carbocycles. The van der Waals surface area contributed by atoms with Gasteiger partial charge >= 0.3 is 0 Å². The van der Waals surface area contributed by atoms with E-state index in [2.05, 4.69) is 31.1 Å². The number of hydrogen-bond donors (Lipinski definition) is 1. The van der Waals surface area contributed by atoms with Crippen LogP contribution in [0.1, 0.15) is 0 Å². The molecule has 0 aliphatic heterocycles. The van der Waals surface area contributed by atoms with Gasteiger partial charge in [-0.2, -0.15) is 5.10 Å². The van der Waals surface area contributed by atoms with E-state index in [9.17, 15) is 0 Å². The molecule has 1 heterocycles. The van der Waals surface area contributed by atoms with E-state index in [0.717, 1.165) is 21.1 Å². The topological polar surface area (TPSA) is 50.8 Å². The molecule has 2 rings (SSSR count). The van der Waals surface area contributed by atoms with E-state index in [1.807, 2.05) is 24.3 Å². The summed E-state index contributed by atoms with van der Waals surface area (Å²) < 4.78 is 6.59. The van der Waals surface area contributed by atoms with Crippen LogP contribution < -0.4 is 4.74 Å². The van der Waals surface area contributed by atoms with Gasteiger partial charge in [0.15, 0.2) is 5.16 Å². The molecule has 0 radical (unpaired) electrons. The van der Waals surface area contributed by atoms with Gasteiger partial charge in [-0.1, -0.05) is 33.8 Å². The maximum Gasteiger partial charge on any atom is 0.183 e. The predicted molar refractivity (Wildman–Crippen MR) is 66.7 cm³/mol. The fourth-order valence-corrected chi connectivity index (χ4v) is 2.10. The van der Waals surface area contributed by atoms with E-state index in [1.165, 1.54) is 6.33 Å². The first-order valence-corrected chi connectivity index (χ1v) is 6.49. The Morgan fingerprint density at radius 1 is 1.44 bits per heavy atom. The Bertz CT molecular complexity index is 435. The molecular formula is C10H10BrN3OS. The van der Waals surface area contributed by atoms with Gasteiger partial charge in [-0.15, -0.1) is 0 Å². The molecule has 4 nitrogen and oxygen atoms in total. The van der Waals surface area contributed by atoms with Crippen molar-refractivity contribution in [3.8, 4) is 5.75 Å². The van der Waals surface area contributed by atoms with Crippen molar-refractivity contribution in [2.24, 2.45) is 0 Å². The number of aromatic nitrogens is 3. The molecular weight excluding hydrogens is 290 g/mol. The number of nitrogens with zero attached hydrogens (tertiary/aromatic N) is 2. The van der Waals surface area contributed by atoms with E-state index in [1.54, 1.807) is 11.8 Å². The van der Waals surface area contributed by atoms with Gasteiger partial charge < -0.3 is 4.74 Å². The van der Waals surface area contributed by atoms with Crippen LogP contribution in [0, 0.1) is 0 Å². The van der Waals surface area contributed by atoms with Crippen LogP contribution in [0.2, 0.25) is 0 Å². The highest BCUT2D eigenvalue weighted by Crippen LogP contribution is 2.18. The minimum atomic E-state index is 0.641. The lowest BCUT2D eigenvalue weighted by Crippen LogP contribution is -2.00. The van der Waals surface area contributed by atoms with Crippen LogP contribution in [-0.4, -0.2) is 27.5 Å². The molecule has 1 N–H and O–H groups in total. The lowest BCUT2D eigenvalue weighted by molar-refractivity contribution is 0.343. The van der Waals surface area contributed by atoms with E-state index >= 15 is 0 Å². The van der Waals surface area contributed by atoms with Gasteiger partial charge in [0, 0.05) is 10.2 Å². The van der Waals surface area contributed by atoms with Crippen molar-refractivity contribution in [2.45, 2.75) is 5.16 Å². The molecule has 1 aromatic heterocycles. The summed E-state index contributed by atoms with van der Waals surface area (Å²) in [7, 11) is 0. The van der Waals surface area contributed by atoms with Crippen LogP contribution >= 0.6 is 27.7 Å².